The van der Waals surface area contributed by atoms with Crippen LogP contribution in [0.4, 0.5) is 0 Å². The third kappa shape index (κ3) is 4.89. The van der Waals surface area contributed by atoms with Gasteiger partial charge in [0.15, 0.2) is 15.5 Å². The zero-order chi connectivity index (χ0) is 26.2. The van der Waals surface area contributed by atoms with Crippen molar-refractivity contribution in [3.8, 4) is 22.8 Å². The SMILES string of the molecule is COc1cccc(-c2cc(C(=O)NCc3ccccc3OC)c3c(C)nn(C4CCS(=O)(=O)C4)c3n2)c1. The van der Waals surface area contributed by atoms with E-state index >= 15 is 0 Å². The van der Waals surface area contributed by atoms with Crippen LogP contribution >= 0.6 is 0 Å². The van der Waals surface area contributed by atoms with Gasteiger partial charge in [-0.15, -0.1) is 0 Å². The Kier molecular flexibility index (Phi) is 6.59. The highest BCUT2D eigenvalue weighted by Crippen LogP contribution is 2.33. The van der Waals surface area contributed by atoms with Crippen molar-refractivity contribution in [1.82, 2.24) is 20.1 Å². The summed E-state index contributed by atoms with van der Waals surface area (Å²) in [5, 5.41) is 8.26. The second-order valence-corrected chi connectivity index (χ2v) is 11.3. The summed E-state index contributed by atoms with van der Waals surface area (Å²) < 4.78 is 36.9. The summed E-state index contributed by atoms with van der Waals surface area (Å²) in [5.74, 6) is 1.17. The van der Waals surface area contributed by atoms with Gasteiger partial charge in [-0.05, 0) is 37.6 Å². The molecule has 0 bridgehead atoms. The smallest absolute Gasteiger partial charge is 0.252 e. The maximum atomic E-state index is 13.6. The van der Waals surface area contributed by atoms with Crippen LogP contribution in [-0.4, -0.2) is 54.8 Å². The van der Waals surface area contributed by atoms with Crippen LogP contribution in [0.1, 0.15) is 34.1 Å². The first-order valence-corrected chi connectivity index (χ1v) is 13.8. The molecule has 0 spiro atoms. The van der Waals surface area contributed by atoms with Crippen molar-refractivity contribution in [3.63, 3.8) is 0 Å². The Hall–Kier alpha value is -3.92. The van der Waals surface area contributed by atoms with Gasteiger partial charge in [0.1, 0.15) is 11.5 Å². The van der Waals surface area contributed by atoms with E-state index in [1.54, 1.807) is 25.0 Å². The Morgan fingerprint density at radius 2 is 1.92 bits per heavy atom. The molecule has 5 rings (SSSR count). The number of hydrogen-bond donors (Lipinski definition) is 1. The highest BCUT2D eigenvalue weighted by atomic mass is 32.2. The average molecular weight is 521 g/mol. The van der Waals surface area contributed by atoms with Crippen molar-refractivity contribution in [1.29, 1.82) is 0 Å². The molecule has 0 radical (unpaired) electrons. The number of pyridine rings is 1. The fourth-order valence-corrected chi connectivity index (χ4v) is 6.46. The van der Waals surface area contributed by atoms with Gasteiger partial charge in [0, 0.05) is 17.7 Å². The average Bonchev–Trinajstić information content (AvgIpc) is 3.45. The number of benzene rings is 2. The van der Waals surface area contributed by atoms with Gasteiger partial charge >= 0.3 is 0 Å². The Bertz CT molecular complexity index is 1600. The number of sulfone groups is 1. The van der Waals surface area contributed by atoms with Gasteiger partial charge in [-0.1, -0.05) is 30.3 Å². The van der Waals surface area contributed by atoms with Gasteiger partial charge in [-0.3, -0.25) is 4.79 Å². The van der Waals surface area contributed by atoms with Gasteiger partial charge in [0.05, 0.1) is 54.1 Å². The number of carbonyl (C=O) groups is 1. The number of para-hydroxylation sites is 1. The molecule has 10 heteroatoms. The summed E-state index contributed by atoms with van der Waals surface area (Å²) in [5.41, 5.74) is 3.71. The summed E-state index contributed by atoms with van der Waals surface area (Å²) in [7, 11) is 0.0375. The van der Waals surface area contributed by atoms with E-state index in [-0.39, 0.29) is 30.0 Å². The quantitative estimate of drug-likeness (QED) is 0.395. The molecular formula is C27H28N4O5S. The van der Waals surface area contributed by atoms with E-state index in [4.69, 9.17) is 14.5 Å². The number of carbonyl (C=O) groups excluding carboxylic acids is 1. The Labute approximate surface area is 215 Å². The lowest BCUT2D eigenvalue weighted by molar-refractivity contribution is 0.0952. The van der Waals surface area contributed by atoms with E-state index in [0.29, 0.717) is 45.9 Å². The first-order valence-electron chi connectivity index (χ1n) is 11.9. The molecule has 4 aromatic rings. The van der Waals surface area contributed by atoms with Crippen molar-refractivity contribution < 1.29 is 22.7 Å². The molecule has 2 aromatic carbocycles. The van der Waals surface area contributed by atoms with Gasteiger partial charge in [-0.25, -0.2) is 18.1 Å². The summed E-state index contributed by atoms with van der Waals surface area (Å²) in [6.45, 7) is 2.08. The summed E-state index contributed by atoms with van der Waals surface area (Å²) >= 11 is 0. The van der Waals surface area contributed by atoms with Crippen LogP contribution in [0, 0.1) is 6.92 Å². The van der Waals surface area contributed by atoms with E-state index in [9.17, 15) is 13.2 Å². The molecule has 192 valence electrons. The highest BCUT2D eigenvalue weighted by Gasteiger charge is 2.32. The molecule has 3 heterocycles. The number of nitrogens with zero attached hydrogens (tertiary/aromatic N) is 3. The maximum Gasteiger partial charge on any atom is 0.252 e. The van der Waals surface area contributed by atoms with Crippen molar-refractivity contribution in [2.45, 2.75) is 25.9 Å². The lowest BCUT2D eigenvalue weighted by Gasteiger charge is -2.13. The van der Waals surface area contributed by atoms with Crippen LogP contribution in [-0.2, 0) is 16.4 Å². The number of fused-ring (bicyclic) bond motifs is 1. The third-order valence-corrected chi connectivity index (χ3v) is 8.38. The Morgan fingerprint density at radius 1 is 1.11 bits per heavy atom. The predicted octanol–water partition coefficient (Wildman–Crippen LogP) is 3.71. The van der Waals surface area contributed by atoms with Crippen molar-refractivity contribution in [2.75, 3.05) is 25.7 Å². The molecule has 1 aliphatic rings. The van der Waals surface area contributed by atoms with Crippen LogP contribution in [0.25, 0.3) is 22.3 Å². The molecule has 0 aliphatic carbocycles. The molecular weight excluding hydrogens is 492 g/mol. The van der Waals surface area contributed by atoms with Gasteiger partial charge in [0.25, 0.3) is 5.91 Å². The zero-order valence-corrected chi connectivity index (χ0v) is 21.7. The monoisotopic (exact) mass is 520 g/mol. The molecule has 37 heavy (non-hydrogen) atoms. The van der Waals surface area contributed by atoms with E-state index in [1.165, 1.54) is 0 Å². The third-order valence-electron chi connectivity index (χ3n) is 6.63. The molecule has 0 saturated carbocycles. The Balaban J connectivity index is 1.61. The minimum Gasteiger partial charge on any atom is -0.497 e. The van der Waals surface area contributed by atoms with Crippen LogP contribution in [0.2, 0.25) is 0 Å². The largest absolute Gasteiger partial charge is 0.497 e. The van der Waals surface area contributed by atoms with Crippen molar-refractivity contribution in [2.24, 2.45) is 0 Å². The molecule has 1 unspecified atom stereocenters. The first-order chi connectivity index (χ1) is 17.8. The Morgan fingerprint density at radius 3 is 2.65 bits per heavy atom. The van der Waals surface area contributed by atoms with Gasteiger partial charge < -0.3 is 14.8 Å². The molecule has 1 N–H and O–H groups in total. The lowest BCUT2D eigenvalue weighted by atomic mass is 10.0. The van der Waals surface area contributed by atoms with Crippen molar-refractivity contribution in [3.05, 3.63) is 71.4 Å². The van der Waals surface area contributed by atoms with Crippen molar-refractivity contribution >= 4 is 26.8 Å². The standard InChI is InChI=1S/C27H28N4O5S/c1-17-25-22(27(32)28-15-19-7-4-5-10-24(19)36-3)14-23(18-8-6-9-21(13-18)35-2)29-26(25)31(30-17)20-11-12-37(33,34)16-20/h4-10,13-14,20H,11-12,15-16H2,1-3H3,(H,28,32). The summed E-state index contributed by atoms with van der Waals surface area (Å²) in [6, 6.07) is 16.3. The number of methoxy groups -OCH3 is 2. The predicted molar refractivity (Wildman–Crippen MR) is 141 cm³/mol. The van der Waals surface area contributed by atoms with Crippen LogP contribution in [0.5, 0.6) is 11.5 Å². The maximum absolute atomic E-state index is 13.6. The van der Waals surface area contributed by atoms with E-state index in [2.05, 4.69) is 10.4 Å². The minimum atomic E-state index is -3.14. The molecule has 9 nitrogen and oxygen atoms in total. The first kappa shape index (κ1) is 24.8. The normalized spacial score (nSPS) is 16.6. The fraction of sp³-hybridized carbons (Fsp3) is 0.296. The molecule has 1 atom stereocenters. The van der Waals surface area contributed by atoms with E-state index < -0.39 is 9.84 Å². The second kappa shape index (κ2) is 9.85. The van der Waals surface area contributed by atoms with Crippen LogP contribution in [0.3, 0.4) is 0 Å². The number of hydrogen-bond acceptors (Lipinski definition) is 7. The minimum absolute atomic E-state index is 0.00359. The topological polar surface area (TPSA) is 112 Å². The highest BCUT2D eigenvalue weighted by molar-refractivity contribution is 7.91. The van der Waals surface area contributed by atoms with E-state index in [0.717, 1.165) is 11.1 Å². The number of ether oxygens (including phenoxy) is 2. The van der Waals surface area contributed by atoms with Crippen LogP contribution in [0.15, 0.2) is 54.6 Å². The molecule has 1 amide bonds. The van der Waals surface area contributed by atoms with Gasteiger partial charge in [0.2, 0.25) is 0 Å². The number of aromatic nitrogens is 3. The molecule has 1 fully saturated rings. The summed E-state index contributed by atoms with van der Waals surface area (Å²) in [4.78, 5) is 18.5. The molecule has 1 aliphatic heterocycles. The lowest BCUT2D eigenvalue weighted by Crippen LogP contribution is -2.23. The summed E-state index contributed by atoms with van der Waals surface area (Å²) in [6.07, 6.45) is 0.457. The molecule has 2 aromatic heterocycles. The number of nitrogens with one attached hydrogen (secondary N) is 1. The number of aryl methyl sites for hydroxylation is 1. The number of rotatable bonds is 7. The van der Waals surface area contributed by atoms with E-state index in [1.807, 2.05) is 55.5 Å². The second-order valence-electron chi connectivity index (χ2n) is 9.07. The fourth-order valence-electron chi connectivity index (χ4n) is 4.76. The zero-order valence-electron chi connectivity index (χ0n) is 20.9. The van der Waals surface area contributed by atoms with Gasteiger partial charge in [-0.2, -0.15) is 5.10 Å². The number of amides is 1. The van der Waals surface area contributed by atoms with Crippen LogP contribution < -0.4 is 14.8 Å². The molecule has 1 saturated heterocycles.